The van der Waals surface area contributed by atoms with Crippen LogP contribution in [0.1, 0.15) is 26.2 Å². The van der Waals surface area contributed by atoms with Crippen LogP contribution >= 0.6 is 11.3 Å². The van der Waals surface area contributed by atoms with Gasteiger partial charge in [-0.2, -0.15) is 0 Å². The van der Waals surface area contributed by atoms with Gasteiger partial charge < -0.3 is 10.6 Å². The molecular weight excluding hydrogens is 370 g/mol. The Morgan fingerprint density at radius 1 is 1.04 bits per heavy atom. The van der Waals surface area contributed by atoms with E-state index in [0.717, 1.165) is 46.0 Å². The monoisotopic (exact) mass is 391 g/mol. The molecule has 2 amide bonds. The number of nitrogens with one attached hydrogen (secondary N) is 2. The minimum Gasteiger partial charge on any atom is -0.326 e. The molecule has 0 unspecified atom stereocenters. The molecule has 28 heavy (non-hydrogen) atoms. The number of thiazole rings is 1. The minimum atomic E-state index is -0.00245. The van der Waals surface area contributed by atoms with Crippen LogP contribution in [0.2, 0.25) is 0 Å². The van der Waals surface area contributed by atoms with Gasteiger partial charge in [0.05, 0.1) is 5.69 Å². The van der Waals surface area contributed by atoms with E-state index in [1.54, 1.807) is 11.3 Å². The normalized spacial score (nSPS) is 13.2. The number of aromatic nitrogens is 1. The highest BCUT2D eigenvalue weighted by molar-refractivity contribution is 7.13. The van der Waals surface area contributed by atoms with Gasteiger partial charge in [-0.25, -0.2) is 4.98 Å². The van der Waals surface area contributed by atoms with Gasteiger partial charge in [0.15, 0.2) is 0 Å². The summed E-state index contributed by atoms with van der Waals surface area (Å²) in [6.07, 6.45) is 2.43. The van der Waals surface area contributed by atoms with Crippen LogP contribution in [-0.2, 0) is 9.59 Å². The second-order valence-corrected chi connectivity index (χ2v) is 7.72. The molecule has 0 spiro atoms. The summed E-state index contributed by atoms with van der Waals surface area (Å²) in [5, 5.41) is 8.75. The first-order valence-corrected chi connectivity index (χ1v) is 10.3. The van der Waals surface area contributed by atoms with Gasteiger partial charge in [0.1, 0.15) is 5.01 Å². The Balaban J connectivity index is 1.49. The third-order valence-corrected chi connectivity index (χ3v) is 5.51. The third-order valence-electron chi connectivity index (χ3n) is 4.61. The molecule has 1 saturated carbocycles. The topological polar surface area (TPSA) is 71.1 Å². The van der Waals surface area contributed by atoms with E-state index in [9.17, 15) is 9.59 Å². The van der Waals surface area contributed by atoms with Gasteiger partial charge in [-0.1, -0.05) is 31.2 Å². The van der Waals surface area contributed by atoms with E-state index in [-0.39, 0.29) is 17.7 Å². The highest BCUT2D eigenvalue weighted by Gasteiger charge is 2.29. The minimum absolute atomic E-state index is 0.00245. The SMILES string of the molecule is CCC(=O)Nc1ccc(-c2csc(-c3cccc(NC(=O)C4CC4)c3)n2)cc1. The van der Waals surface area contributed by atoms with Crippen LogP contribution < -0.4 is 10.6 Å². The number of hydrogen-bond donors (Lipinski definition) is 2. The fraction of sp³-hybridized carbons (Fsp3) is 0.227. The fourth-order valence-corrected chi connectivity index (χ4v) is 3.66. The molecule has 0 saturated heterocycles. The number of hydrogen-bond acceptors (Lipinski definition) is 4. The van der Waals surface area contributed by atoms with Crippen LogP contribution in [0.25, 0.3) is 21.8 Å². The molecule has 1 aromatic heterocycles. The lowest BCUT2D eigenvalue weighted by Gasteiger charge is -2.05. The summed E-state index contributed by atoms with van der Waals surface area (Å²) in [5.41, 5.74) is 4.46. The lowest BCUT2D eigenvalue weighted by molar-refractivity contribution is -0.117. The van der Waals surface area contributed by atoms with Crippen molar-refractivity contribution in [3.8, 4) is 21.8 Å². The van der Waals surface area contributed by atoms with Gasteiger partial charge >= 0.3 is 0 Å². The van der Waals surface area contributed by atoms with Crippen molar-refractivity contribution >= 4 is 34.5 Å². The Hall–Kier alpha value is -2.99. The van der Waals surface area contributed by atoms with Crippen LogP contribution in [-0.4, -0.2) is 16.8 Å². The van der Waals surface area contributed by atoms with E-state index < -0.39 is 0 Å². The molecule has 1 aliphatic rings. The lowest BCUT2D eigenvalue weighted by atomic mass is 10.1. The molecular formula is C22H21N3O2S. The Bertz CT molecular complexity index is 1010. The zero-order valence-electron chi connectivity index (χ0n) is 15.6. The molecule has 3 aromatic rings. The molecule has 1 fully saturated rings. The van der Waals surface area contributed by atoms with Crippen LogP contribution in [0.3, 0.4) is 0 Å². The van der Waals surface area contributed by atoms with Crippen molar-refractivity contribution in [3.05, 3.63) is 53.9 Å². The van der Waals surface area contributed by atoms with Gasteiger partial charge in [-0.3, -0.25) is 9.59 Å². The molecule has 0 aliphatic heterocycles. The summed E-state index contributed by atoms with van der Waals surface area (Å²) in [4.78, 5) is 28.2. The van der Waals surface area contributed by atoms with Crippen molar-refractivity contribution < 1.29 is 9.59 Å². The average molecular weight is 391 g/mol. The summed E-state index contributed by atoms with van der Waals surface area (Å²) < 4.78 is 0. The van der Waals surface area contributed by atoms with Crippen LogP contribution in [0, 0.1) is 5.92 Å². The van der Waals surface area contributed by atoms with Gasteiger partial charge in [-0.15, -0.1) is 11.3 Å². The van der Waals surface area contributed by atoms with E-state index >= 15 is 0 Å². The van der Waals surface area contributed by atoms with Gasteiger partial charge in [0.2, 0.25) is 11.8 Å². The number of anilines is 2. The highest BCUT2D eigenvalue weighted by atomic mass is 32.1. The third kappa shape index (κ3) is 4.28. The smallest absolute Gasteiger partial charge is 0.227 e. The summed E-state index contributed by atoms with van der Waals surface area (Å²) in [6.45, 7) is 1.83. The molecule has 0 atom stereocenters. The van der Waals surface area contributed by atoms with E-state index in [0.29, 0.717) is 6.42 Å². The summed E-state index contributed by atoms with van der Waals surface area (Å²) in [5.74, 6) is 0.282. The standard InChI is InChI=1S/C22H21N3O2S/c1-2-20(26)23-17-10-8-14(9-11-17)19-13-28-22(25-19)16-4-3-5-18(12-16)24-21(27)15-6-7-15/h3-5,8-13,15H,2,6-7H2,1H3,(H,23,26)(H,24,27). The lowest BCUT2D eigenvalue weighted by Crippen LogP contribution is -2.13. The number of amides is 2. The molecule has 5 nitrogen and oxygen atoms in total. The predicted molar refractivity (Wildman–Crippen MR) is 113 cm³/mol. The Morgan fingerprint density at radius 3 is 2.54 bits per heavy atom. The largest absolute Gasteiger partial charge is 0.326 e. The van der Waals surface area contributed by atoms with Crippen molar-refractivity contribution in [1.29, 1.82) is 0 Å². The molecule has 2 aromatic carbocycles. The average Bonchev–Trinajstić information content (AvgIpc) is 3.46. The van der Waals surface area contributed by atoms with E-state index in [4.69, 9.17) is 4.98 Å². The summed E-state index contributed by atoms with van der Waals surface area (Å²) in [7, 11) is 0. The van der Waals surface area contributed by atoms with Crippen molar-refractivity contribution in [2.24, 2.45) is 5.92 Å². The van der Waals surface area contributed by atoms with Crippen molar-refractivity contribution in [1.82, 2.24) is 4.98 Å². The summed E-state index contributed by atoms with van der Waals surface area (Å²) >= 11 is 1.57. The van der Waals surface area contributed by atoms with E-state index in [2.05, 4.69) is 10.6 Å². The maximum Gasteiger partial charge on any atom is 0.227 e. The number of benzene rings is 2. The van der Waals surface area contributed by atoms with Crippen LogP contribution in [0.5, 0.6) is 0 Å². The summed E-state index contributed by atoms with van der Waals surface area (Å²) in [6, 6.07) is 15.5. The molecule has 1 aliphatic carbocycles. The molecule has 6 heteroatoms. The van der Waals surface area contributed by atoms with E-state index in [1.807, 2.05) is 60.8 Å². The van der Waals surface area contributed by atoms with Gasteiger partial charge in [0, 0.05) is 40.2 Å². The number of nitrogens with zero attached hydrogens (tertiary/aromatic N) is 1. The first-order valence-electron chi connectivity index (χ1n) is 9.39. The predicted octanol–water partition coefficient (Wildman–Crippen LogP) is 5.17. The zero-order chi connectivity index (χ0) is 19.5. The van der Waals surface area contributed by atoms with Crippen molar-refractivity contribution in [2.75, 3.05) is 10.6 Å². The number of rotatable bonds is 6. The second-order valence-electron chi connectivity index (χ2n) is 6.86. The Labute approximate surface area is 167 Å². The quantitative estimate of drug-likeness (QED) is 0.609. The maximum atomic E-state index is 12.0. The molecule has 4 rings (SSSR count). The van der Waals surface area contributed by atoms with Crippen molar-refractivity contribution in [2.45, 2.75) is 26.2 Å². The zero-order valence-corrected chi connectivity index (χ0v) is 16.4. The number of carbonyl (C=O) groups excluding carboxylic acids is 2. The fourth-order valence-electron chi connectivity index (χ4n) is 2.83. The first-order chi connectivity index (χ1) is 13.6. The molecule has 2 N–H and O–H groups in total. The molecule has 0 radical (unpaired) electrons. The van der Waals surface area contributed by atoms with Crippen LogP contribution in [0.4, 0.5) is 11.4 Å². The van der Waals surface area contributed by atoms with Gasteiger partial charge in [0.25, 0.3) is 0 Å². The number of carbonyl (C=O) groups is 2. The Kier molecular flexibility index (Phi) is 5.21. The van der Waals surface area contributed by atoms with Crippen LogP contribution in [0.15, 0.2) is 53.9 Å². The van der Waals surface area contributed by atoms with E-state index in [1.165, 1.54) is 0 Å². The molecule has 0 bridgehead atoms. The van der Waals surface area contributed by atoms with Crippen molar-refractivity contribution in [3.63, 3.8) is 0 Å². The Morgan fingerprint density at radius 2 is 1.82 bits per heavy atom. The first kappa shape index (κ1) is 18.4. The maximum absolute atomic E-state index is 12.0. The molecule has 1 heterocycles. The highest BCUT2D eigenvalue weighted by Crippen LogP contribution is 2.32. The van der Waals surface area contributed by atoms with Gasteiger partial charge in [-0.05, 0) is 37.1 Å². The molecule has 142 valence electrons. The second kappa shape index (κ2) is 7.94.